The molecule has 0 saturated heterocycles. The minimum atomic E-state index is -0.765. The Bertz CT molecular complexity index is 692. The van der Waals surface area contributed by atoms with E-state index in [0.717, 1.165) is 10.8 Å². The van der Waals surface area contributed by atoms with Crippen molar-refractivity contribution in [2.45, 2.75) is 12.6 Å². The molecule has 0 aliphatic heterocycles. The van der Waals surface area contributed by atoms with Gasteiger partial charge in [0, 0.05) is 23.3 Å². The van der Waals surface area contributed by atoms with E-state index >= 15 is 0 Å². The first kappa shape index (κ1) is 11.7. The van der Waals surface area contributed by atoms with Crippen molar-refractivity contribution >= 4 is 10.8 Å². The number of phenols is 1. The Morgan fingerprint density at radius 2 is 2.00 bits per heavy atom. The Kier molecular flexibility index (Phi) is 2.93. The average molecular weight is 254 g/mol. The van der Waals surface area contributed by atoms with Crippen LogP contribution in [0, 0.1) is 0 Å². The number of benzene rings is 2. The molecule has 19 heavy (non-hydrogen) atoms. The number of aromatic nitrogens is 2. The zero-order valence-corrected chi connectivity index (χ0v) is 10.3. The Labute approximate surface area is 110 Å². The van der Waals surface area contributed by atoms with Crippen molar-refractivity contribution in [2.75, 3.05) is 0 Å². The molecule has 1 atom stereocenters. The summed E-state index contributed by atoms with van der Waals surface area (Å²) in [4.78, 5) is 3.93. The van der Waals surface area contributed by atoms with Gasteiger partial charge in [0.2, 0.25) is 0 Å². The van der Waals surface area contributed by atoms with Crippen molar-refractivity contribution in [3.63, 3.8) is 0 Å². The number of hydrogen-bond acceptors (Lipinski definition) is 3. The fraction of sp³-hybridized carbons (Fsp3) is 0.133. The minimum absolute atomic E-state index is 0.144. The summed E-state index contributed by atoms with van der Waals surface area (Å²) in [6.07, 6.45) is 4.31. The van der Waals surface area contributed by atoms with Gasteiger partial charge in [0.25, 0.3) is 0 Å². The van der Waals surface area contributed by atoms with Crippen LogP contribution in [0.15, 0.2) is 55.1 Å². The highest BCUT2D eigenvalue weighted by Crippen LogP contribution is 2.32. The molecular weight excluding hydrogens is 240 g/mol. The van der Waals surface area contributed by atoms with Crippen LogP contribution < -0.4 is 0 Å². The number of imidazole rings is 1. The lowest BCUT2D eigenvalue weighted by Gasteiger charge is -2.14. The molecule has 0 aliphatic rings. The molecule has 0 saturated carbocycles. The van der Waals surface area contributed by atoms with E-state index < -0.39 is 6.10 Å². The Morgan fingerprint density at radius 1 is 1.16 bits per heavy atom. The molecule has 1 heterocycles. The SMILES string of the molecule is Oc1c(C(O)Cn2ccnc2)ccc2ccccc12. The topological polar surface area (TPSA) is 58.3 Å². The van der Waals surface area contributed by atoms with Crippen LogP contribution in [-0.4, -0.2) is 19.8 Å². The van der Waals surface area contributed by atoms with Crippen LogP contribution in [-0.2, 0) is 6.54 Å². The third-order valence-corrected chi connectivity index (χ3v) is 3.23. The van der Waals surface area contributed by atoms with Gasteiger partial charge in [-0.15, -0.1) is 0 Å². The van der Waals surface area contributed by atoms with Crippen molar-refractivity contribution in [1.29, 1.82) is 0 Å². The van der Waals surface area contributed by atoms with E-state index in [1.807, 2.05) is 30.3 Å². The predicted molar refractivity (Wildman–Crippen MR) is 72.8 cm³/mol. The summed E-state index contributed by atoms with van der Waals surface area (Å²) in [5.74, 6) is 0.144. The lowest BCUT2D eigenvalue weighted by Crippen LogP contribution is -2.07. The van der Waals surface area contributed by atoms with Gasteiger partial charge in [-0.3, -0.25) is 0 Å². The van der Waals surface area contributed by atoms with E-state index in [2.05, 4.69) is 4.98 Å². The molecule has 4 nitrogen and oxygen atoms in total. The van der Waals surface area contributed by atoms with Gasteiger partial charge in [-0.1, -0.05) is 36.4 Å². The maximum atomic E-state index is 10.3. The lowest BCUT2D eigenvalue weighted by atomic mass is 10.0. The van der Waals surface area contributed by atoms with E-state index in [9.17, 15) is 10.2 Å². The summed E-state index contributed by atoms with van der Waals surface area (Å²) in [6.45, 7) is 0.367. The van der Waals surface area contributed by atoms with Gasteiger partial charge in [-0.05, 0) is 5.39 Å². The highest BCUT2D eigenvalue weighted by Gasteiger charge is 2.14. The van der Waals surface area contributed by atoms with Crippen LogP contribution in [0.5, 0.6) is 5.75 Å². The average Bonchev–Trinajstić information content (AvgIpc) is 2.92. The first-order valence-corrected chi connectivity index (χ1v) is 6.10. The summed E-state index contributed by atoms with van der Waals surface area (Å²) in [5, 5.41) is 22.2. The summed E-state index contributed by atoms with van der Waals surface area (Å²) in [6, 6.07) is 11.2. The molecule has 3 aromatic rings. The molecule has 0 bridgehead atoms. The van der Waals surface area contributed by atoms with E-state index in [1.165, 1.54) is 0 Å². The van der Waals surface area contributed by atoms with Gasteiger partial charge in [0.05, 0.1) is 12.9 Å². The third kappa shape index (κ3) is 2.18. The Hall–Kier alpha value is -2.33. The van der Waals surface area contributed by atoms with Crippen molar-refractivity contribution in [3.8, 4) is 5.75 Å². The van der Waals surface area contributed by atoms with Gasteiger partial charge >= 0.3 is 0 Å². The number of aromatic hydroxyl groups is 1. The van der Waals surface area contributed by atoms with Gasteiger partial charge < -0.3 is 14.8 Å². The molecular formula is C15H14N2O2. The fourth-order valence-electron chi connectivity index (χ4n) is 2.23. The molecule has 3 rings (SSSR count). The quantitative estimate of drug-likeness (QED) is 0.755. The number of hydrogen-bond donors (Lipinski definition) is 2. The standard InChI is InChI=1S/C15H14N2O2/c18-14(9-17-8-7-16-10-17)13-6-5-11-3-1-2-4-12(11)15(13)19/h1-8,10,14,18-19H,9H2. The van der Waals surface area contributed by atoms with Crippen molar-refractivity contribution < 1.29 is 10.2 Å². The van der Waals surface area contributed by atoms with Crippen molar-refractivity contribution in [2.24, 2.45) is 0 Å². The molecule has 0 radical (unpaired) electrons. The molecule has 1 aromatic heterocycles. The Balaban J connectivity index is 1.98. The second-order valence-electron chi connectivity index (χ2n) is 4.50. The van der Waals surface area contributed by atoms with Gasteiger partial charge in [-0.2, -0.15) is 0 Å². The maximum absolute atomic E-state index is 10.3. The lowest BCUT2D eigenvalue weighted by molar-refractivity contribution is 0.153. The zero-order valence-electron chi connectivity index (χ0n) is 10.3. The van der Waals surface area contributed by atoms with Crippen LogP contribution >= 0.6 is 0 Å². The number of aliphatic hydroxyl groups is 1. The number of nitrogens with zero attached hydrogens (tertiary/aromatic N) is 2. The van der Waals surface area contributed by atoms with E-state index in [0.29, 0.717) is 12.1 Å². The summed E-state index contributed by atoms with van der Waals surface area (Å²) in [7, 11) is 0. The summed E-state index contributed by atoms with van der Waals surface area (Å²) in [5.41, 5.74) is 0.535. The second kappa shape index (κ2) is 4.74. The molecule has 0 fully saturated rings. The number of aliphatic hydroxyl groups excluding tert-OH is 1. The molecule has 2 aromatic carbocycles. The largest absolute Gasteiger partial charge is 0.507 e. The van der Waals surface area contributed by atoms with E-state index in [1.54, 1.807) is 29.4 Å². The molecule has 0 spiro atoms. The molecule has 1 unspecified atom stereocenters. The van der Waals surface area contributed by atoms with Crippen molar-refractivity contribution in [3.05, 3.63) is 60.7 Å². The zero-order chi connectivity index (χ0) is 13.2. The summed E-state index contributed by atoms with van der Waals surface area (Å²) >= 11 is 0. The van der Waals surface area contributed by atoms with Crippen LogP contribution in [0.25, 0.3) is 10.8 Å². The number of fused-ring (bicyclic) bond motifs is 1. The normalized spacial score (nSPS) is 12.7. The van der Waals surface area contributed by atoms with Crippen LogP contribution in [0.2, 0.25) is 0 Å². The first-order chi connectivity index (χ1) is 9.25. The van der Waals surface area contributed by atoms with Crippen LogP contribution in [0.4, 0.5) is 0 Å². The van der Waals surface area contributed by atoms with E-state index in [4.69, 9.17) is 0 Å². The molecule has 0 aliphatic carbocycles. The van der Waals surface area contributed by atoms with Gasteiger partial charge in [0.15, 0.2) is 0 Å². The van der Waals surface area contributed by atoms with E-state index in [-0.39, 0.29) is 5.75 Å². The molecule has 2 N–H and O–H groups in total. The Morgan fingerprint density at radius 3 is 2.79 bits per heavy atom. The maximum Gasteiger partial charge on any atom is 0.129 e. The molecule has 96 valence electrons. The summed E-state index contributed by atoms with van der Waals surface area (Å²) < 4.78 is 1.78. The number of phenolic OH excluding ortho intramolecular Hbond substituents is 1. The van der Waals surface area contributed by atoms with Gasteiger partial charge in [0.1, 0.15) is 11.9 Å². The van der Waals surface area contributed by atoms with Crippen molar-refractivity contribution in [1.82, 2.24) is 9.55 Å². The van der Waals surface area contributed by atoms with Gasteiger partial charge in [-0.25, -0.2) is 4.98 Å². The van der Waals surface area contributed by atoms with Crippen LogP contribution in [0.3, 0.4) is 0 Å². The molecule has 4 heteroatoms. The molecule has 0 amide bonds. The van der Waals surface area contributed by atoms with Crippen LogP contribution in [0.1, 0.15) is 11.7 Å². The minimum Gasteiger partial charge on any atom is -0.507 e. The number of rotatable bonds is 3. The highest BCUT2D eigenvalue weighted by atomic mass is 16.3. The second-order valence-corrected chi connectivity index (χ2v) is 4.50. The predicted octanol–water partition coefficient (Wildman–Crippen LogP) is 2.48. The fourth-order valence-corrected chi connectivity index (χ4v) is 2.23. The highest BCUT2D eigenvalue weighted by molar-refractivity contribution is 5.89. The monoisotopic (exact) mass is 254 g/mol. The smallest absolute Gasteiger partial charge is 0.129 e. The first-order valence-electron chi connectivity index (χ1n) is 6.10. The third-order valence-electron chi connectivity index (χ3n) is 3.23.